The second-order valence-electron chi connectivity index (χ2n) is 2.90. The number of aliphatic hydroxyl groups is 5. The predicted octanol–water partition coefficient (Wildman–Crippen LogP) is -2.46. The van der Waals surface area contributed by atoms with Gasteiger partial charge in [0, 0.05) is 0 Å². The lowest BCUT2D eigenvalue weighted by molar-refractivity contribution is -0.335. The second-order valence-corrected chi connectivity index (χ2v) is 4.13. The topological polar surface area (TPSA) is 110 Å². The third-order valence-electron chi connectivity index (χ3n) is 1.95. The molecule has 1 heterocycles. The van der Waals surface area contributed by atoms with E-state index in [-0.39, 0.29) is 0 Å². The van der Waals surface area contributed by atoms with Gasteiger partial charge in [-0.25, -0.2) is 0 Å². The van der Waals surface area contributed by atoms with Gasteiger partial charge in [-0.3, -0.25) is 0 Å². The standard InChI is InChI=1S/C6H11IO6/c7-5-3(10)2(9)4(11)6(12,1-8)13-5/h2-5,8-12H,1H2/t2-,3+,4+,5?,6+/m1/s1. The van der Waals surface area contributed by atoms with Crippen LogP contribution in [0.5, 0.6) is 0 Å². The fourth-order valence-electron chi connectivity index (χ4n) is 1.07. The summed E-state index contributed by atoms with van der Waals surface area (Å²) >= 11 is 1.64. The van der Waals surface area contributed by atoms with E-state index in [1.54, 1.807) is 22.6 Å². The van der Waals surface area contributed by atoms with Gasteiger partial charge < -0.3 is 30.3 Å². The minimum absolute atomic E-state index is 0.850. The largest absolute Gasteiger partial charge is 0.391 e. The Kier molecular flexibility index (Phi) is 3.49. The van der Waals surface area contributed by atoms with Crippen LogP contribution in [0.25, 0.3) is 0 Å². The lowest BCUT2D eigenvalue weighted by Crippen LogP contribution is -2.64. The Hall–Kier alpha value is 0.490. The molecular formula is C6H11IO6. The highest BCUT2D eigenvalue weighted by Gasteiger charge is 2.51. The van der Waals surface area contributed by atoms with Crippen molar-refractivity contribution in [1.82, 2.24) is 0 Å². The Balaban J connectivity index is 2.82. The highest BCUT2D eigenvalue weighted by atomic mass is 127. The first kappa shape index (κ1) is 11.6. The number of aliphatic hydroxyl groups excluding tert-OH is 4. The zero-order valence-electron chi connectivity index (χ0n) is 6.54. The van der Waals surface area contributed by atoms with E-state index in [4.69, 9.17) is 9.84 Å². The average molecular weight is 306 g/mol. The summed E-state index contributed by atoms with van der Waals surface area (Å²) in [6, 6.07) is 0. The number of rotatable bonds is 1. The highest BCUT2D eigenvalue weighted by molar-refractivity contribution is 14.1. The van der Waals surface area contributed by atoms with E-state index in [1.807, 2.05) is 0 Å². The van der Waals surface area contributed by atoms with Crippen LogP contribution in [0.4, 0.5) is 0 Å². The number of halogens is 1. The number of alkyl halides is 1. The van der Waals surface area contributed by atoms with Gasteiger partial charge in [-0.05, 0) is 22.6 Å². The minimum atomic E-state index is -2.20. The Morgan fingerprint density at radius 3 is 2.23 bits per heavy atom. The molecule has 7 heteroatoms. The van der Waals surface area contributed by atoms with Crippen LogP contribution in [0, 0.1) is 0 Å². The van der Waals surface area contributed by atoms with Crippen LogP contribution in [-0.4, -0.2) is 60.3 Å². The van der Waals surface area contributed by atoms with Gasteiger partial charge in [0.15, 0.2) is 0 Å². The molecule has 0 saturated carbocycles. The van der Waals surface area contributed by atoms with Gasteiger partial charge in [-0.15, -0.1) is 0 Å². The molecule has 0 aromatic heterocycles. The molecule has 0 amide bonds. The summed E-state index contributed by atoms with van der Waals surface area (Å²) in [5.41, 5.74) is 0. The highest BCUT2D eigenvalue weighted by Crippen LogP contribution is 2.30. The van der Waals surface area contributed by atoms with E-state index in [0.717, 1.165) is 0 Å². The third-order valence-corrected chi connectivity index (χ3v) is 2.94. The van der Waals surface area contributed by atoms with Crippen molar-refractivity contribution in [3.63, 3.8) is 0 Å². The van der Waals surface area contributed by atoms with E-state index in [2.05, 4.69) is 0 Å². The SMILES string of the molecule is OC[C@]1(O)OC(I)[C@@H](O)[C@@H](O)[C@@H]1O. The first-order chi connectivity index (χ1) is 5.92. The minimum Gasteiger partial charge on any atom is -0.391 e. The molecule has 0 aliphatic carbocycles. The molecule has 1 aliphatic heterocycles. The lowest BCUT2D eigenvalue weighted by atomic mass is 9.98. The van der Waals surface area contributed by atoms with Crippen molar-refractivity contribution in [2.75, 3.05) is 6.61 Å². The third kappa shape index (κ3) is 1.96. The quantitative estimate of drug-likeness (QED) is 0.271. The maximum absolute atomic E-state index is 9.41. The van der Waals surface area contributed by atoms with E-state index < -0.39 is 34.8 Å². The molecule has 0 spiro atoms. The van der Waals surface area contributed by atoms with Crippen molar-refractivity contribution in [2.24, 2.45) is 0 Å². The van der Waals surface area contributed by atoms with Crippen molar-refractivity contribution in [2.45, 2.75) is 28.2 Å². The summed E-state index contributed by atoms with van der Waals surface area (Å²) < 4.78 is 3.87. The van der Waals surface area contributed by atoms with Gasteiger partial charge in [0.25, 0.3) is 0 Å². The fourth-order valence-corrected chi connectivity index (χ4v) is 1.94. The van der Waals surface area contributed by atoms with Crippen LogP contribution >= 0.6 is 22.6 Å². The van der Waals surface area contributed by atoms with E-state index in [9.17, 15) is 20.4 Å². The molecule has 1 unspecified atom stereocenters. The first-order valence-corrected chi connectivity index (χ1v) is 4.86. The molecule has 13 heavy (non-hydrogen) atoms. The normalized spacial score (nSPS) is 52.2. The molecule has 1 fully saturated rings. The molecule has 1 aliphatic rings. The maximum atomic E-state index is 9.41. The molecule has 0 radical (unpaired) electrons. The van der Waals surface area contributed by atoms with Crippen LogP contribution in [-0.2, 0) is 4.74 Å². The molecule has 5 N–H and O–H groups in total. The molecule has 5 atom stereocenters. The number of hydrogen-bond acceptors (Lipinski definition) is 6. The van der Waals surface area contributed by atoms with E-state index in [1.165, 1.54) is 0 Å². The second kappa shape index (κ2) is 3.93. The number of hydrogen-bond donors (Lipinski definition) is 5. The van der Waals surface area contributed by atoms with Gasteiger partial charge in [0.05, 0.1) is 6.61 Å². The summed E-state index contributed by atoms with van der Waals surface area (Å²) in [6.07, 6.45) is -4.55. The van der Waals surface area contributed by atoms with Gasteiger partial charge in [0.1, 0.15) is 22.4 Å². The van der Waals surface area contributed by atoms with Gasteiger partial charge >= 0.3 is 0 Å². The summed E-state index contributed by atoms with van der Waals surface area (Å²) in [5, 5.41) is 45.8. The molecule has 1 saturated heterocycles. The Bertz CT molecular complexity index is 190. The molecule has 78 valence electrons. The van der Waals surface area contributed by atoms with Crippen LogP contribution in [0.1, 0.15) is 0 Å². The zero-order chi connectivity index (χ0) is 10.2. The van der Waals surface area contributed by atoms with Crippen LogP contribution in [0.2, 0.25) is 0 Å². The predicted molar refractivity (Wildman–Crippen MR) is 48.9 cm³/mol. The Morgan fingerprint density at radius 2 is 1.77 bits per heavy atom. The van der Waals surface area contributed by atoms with E-state index in [0.29, 0.717) is 0 Å². The van der Waals surface area contributed by atoms with Crippen LogP contribution < -0.4 is 0 Å². The van der Waals surface area contributed by atoms with Crippen molar-refractivity contribution < 1.29 is 30.3 Å². The number of ether oxygens (including phenoxy) is 1. The van der Waals surface area contributed by atoms with Crippen molar-refractivity contribution in [3.05, 3.63) is 0 Å². The maximum Gasteiger partial charge on any atom is 0.219 e. The monoisotopic (exact) mass is 306 g/mol. The van der Waals surface area contributed by atoms with Gasteiger partial charge in [0.2, 0.25) is 5.79 Å². The summed E-state index contributed by atoms with van der Waals surface area (Å²) in [4.78, 5) is 0. The van der Waals surface area contributed by atoms with E-state index >= 15 is 0 Å². The van der Waals surface area contributed by atoms with Crippen LogP contribution in [0.3, 0.4) is 0 Å². The molecule has 6 nitrogen and oxygen atoms in total. The van der Waals surface area contributed by atoms with Gasteiger partial charge in [-0.1, -0.05) is 0 Å². The smallest absolute Gasteiger partial charge is 0.219 e. The lowest BCUT2D eigenvalue weighted by Gasteiger charge is -2.43. The Labute approximate surface area is 87.9 Å². The summed E-state index contributed by atoms with van der Waals surface area (Å²) in [6.45, 7) is -0.850. The van der Waals surface area contributed by atoms with Crippen molar-refractivity contribution >= 4 is 22.6 Å². The zero-order valence-corrected chi connectivity index (χ0v) is 8.70. The molecule has 0 aromatic carbocycles. The fraction of sp³-hybridized carbons (Fsp3) is 1.00. The van der Waals surface area contributed by atoms with Crippen molar-refractivity contribution in [3.8, 4) is 0 Å². The first-order valence-electron chi connectivity index (χ1n) is 3.61. The van der Waals surface area contributed by atoms with Crippen LogP contribution in [0.15, 0.2) is 0 Å². The molecule has 0 aromatic rings. The van der Waals surface area contributed by atoms with Gasteiger partial charge in [-0.2, -0.15) is 0 Å². The summed E-state index contributed by atoms with van der Waals surface area (Å²) in [7, 11) is 0. The molecule has 1 rings (SSSR count). The Morgan fingerprint density at radius 1 is 1.23 bits per heavy atom. The summed E-state index contributed by atoms with van der Waals surface area (Å²) in [5.74, 6) is -2.20. The molecule has 0 bridgehead atoms. The average Bonchev–Trinajstić information content (AvgIpc) is 2.12. The van der Waals surface area contributed by atoms with Crippen molar-refractivity contribution in [1.29, 1.82) is 0 Å². The molecular weight excluding hydrogens is 295 g/mol.